The first-order valence-electron chi connectivity index (χ1n) is 10.8. The van der Waals surface area contributed by atoms with E-state index < -0.39 is 0 Å². The molecule has 0 aliphatic carbocycles. The van der Waals surface area contributed by atoms with Crippen LogP contribution in [-0.2, 0) is 9.59 Å². The van der Waals surface area contributed by atoms with Crippen molar-refractivity contribution < 1.29 is 28.6 Å². The zero-order valence-corrected chi connectivity index (χ0v) is 18.0. The van der Waals surface area contributed by atoms with Crippen molar-refractivity contribution in [3.05, 3.63) is 48.0 Å². The van der Waals surface area contributed by atoms with Crippen LogP contribution in [0.1, 0.15) is 30.1 Å². The van der Waals surface area contributed by atoms with Gasteiger partial charge in [0.1, 0.15) is 17.2 Å². The molecule has 2 aromatic carbocycles. The number of hydrogen-bond acceptors (Lipinski definition) is 6. The van der Waals surface area contributed by atoms with Gasteiger partial charge >= 0.3 is 0 Å². The van der Waals surface area contributed by atoms with Gasteiger partial charge in [-0.05, 0) is 62.2 Å². The number of carbonyl (C=O) groups is 3. The van der Waals surface area contributed by atoms with Crippen LogP contribution in [0.4, 0.5) is 5.69 Å². The van der Waals surface area contributed by atoms with Gasteiger partial charge in [0.15, 0.2) is 19.0 Å². The average Bonchev–Trinajstić information content (AvgIpc) is 2.82. The summed E-state index contributed by atoms with van der Waals surface area (Å²) in [5.41, 5.74) is 1.06. The number of ketones is 1. The lowest BCUT2D eigenvalue weighted by Crippen LogP contribution is -2.42. The molecule has 8 nitrogen and oxygen atoms in total. The number of amides is 2. The highest BCUT2D eigenvalue weighted by Crippen LogP contribution is 2.31. The molecule has 2 amide bonds. The Morgan fingerprint density at radius 1 is 1.06 bits per heavy atom. The van der Waals surface area contributed by atoms with Crippen molar-refractivity contribution in [3.63, 3.8) is 0 Å². The number of anilines is 1. The van der Waals surface area contributed by atoms with Gasteiger partial charge in [-0.1, -0.05) is 0 Å². The minimum Gasteiger partial charge on any atom is -0.494 e. The maximum atomic E-state index is 12.9. The third kappa shape index (κ3) is 5.01. The lowest BCUT2D eigenvalue weighted by molar-refractivity contribution is -0.134. The maximum absolute atomic E-state index is 12.9. The number of Topliss-reactive ketones (excluding diaryl/α,β-unsaturated/α-hetero) is 1. The summed E-state index contributed by atoms with van der Waals surface area (Å²) in [6, 6.07) is 12.2. The maximum Gasteiger partial charge on any atom is 0.262 e. The first-order valence-corrected chi connectivity index (χ1v) is 10.8. The summed E-state index contributed by atoms with van der Waals surface area (Å²) >= 11 is 0. The Kier molecular flexibility index (Phi) is 6.58. The predicted octanol–water partition coefficient (Wildman–Crippen LogP) is 2.92. The molecule has 4 rings (SSSR count). The van der Waals surface area contributed by atoms with Crippen LogP contribution in [0, 0.1) is 5.92 Å². The minimum absolute atomic E-state index is 0.0188. The summed E-state index contributed by atoms with van der Waals surface area (Å²) in [5, 5.41) is 2.73. The molecular formula is C24H26N2O6. The number of likely N-dealkylation sites (tertiary alicyclic amines) is 1. The molecule has 168 valence electrons. The Morgan fingerprint density at radius 2 is 1.75 bits per heavy atom. The number of piperidine rings is 1. The topological polar surface area (TPSA) is 94.2 Å². The van der Waals surface area contributed by atoms with E-state index in [4.69, 9.17) is 14.2 Å². The lowest BCUT2D eigenvalue weighted by Gasteiger charge is -2.31. The molecule has 2 heterocycles. The van der Waals surface area contributed by atoms with E-state index in [-0.39, 0.29) is 36.7 Å². The van der Waals surface area contributed by atoms with Crippen LogP contribution >= 0.6 is 0 Å². The molecular weight excluding hydrogens is 412 g/mol. The van der Waals surface area contributed by atoms with Gasteiger partial charge in [-0.15, -0.1) is 0 Å². The van der Waals surface area contributed by atoms with E-state index in [2.05, 4.69) is 5.32 Å². The van der Waals surface area contributed by atoms with Gasteiger partial charge in [-0.25, -0.2) is 0 Å². The normalized spacial score (nSPS) is 15.9. The monoisotopic (exact) mass is 438 g/mol. The van der Waals surface area contributed by atoms with E-state index in [9.17, 15) is 14.4 Å². The lowest BCUT2D eigenvalue weighted by atomic mass is 9.88. The molecule has 0 aromatic heterocycles. The first-order chi connectivity index (χ1) is 15.5. The largest absolute Gasteiger partial charge is 0.494 e. The van der Waals surface area contributed by atoms with Crippen molar-refractivity contribution >= 4 is 23.3 Å². The molecule has 32 heavy (non-hydrogen) atoms. The van der Waals surface area contributed by atoms with Gasteiger partial charge in [0.25, 0.3) is 11.8 Å². The smallest absolute Gasteiger partial charge is 0.262 e. The molecule has 8 heteroatoms. The Labute approximate surface area is 186 Å². The van der Waals surface area contributed by atoms with E-state index in [0.717, 1.165) is 5.75 Å². The van der Waals surface area contributed by atoms with Crippen LogP contribution in [0.15, 0.2) is 42.5 Å². The quantitative estimate of drug-likeness (QED) is 0.668. The molecule has 0 radical (unpaired) electrons. The molecule has 1 saturated heterocycles. The zero-order chi connectivity index (χ0) is 22.5. The van der Waals surface area contributed by atoms with Crippen LogP contribution in [0.3, 0.4) is 0 Å². The SMILES string of the molecule is CCOc1ccc(OCC(=O)N2CCC(C(=O)c3ccc4c(c3)NC(=O)CO4)CC2)cc1. The van der Waals surface area contributed by atoms with Crippen LogP contribution in [0.25, 0.3) is 0 Å². The van der Waals surface area contributed by atoms with Crippen molar-refractivity contribution in [3.8, 4) is 17.2 Å². The predicted molar refractivity (Wildman–Crippen MR) is 117 cm³/mol. The van der Waals surface area contributed by atoms with Gasteiger partial charge in [-0.2, -0.15) is 0 Å². The van der Waals surface area contributed by atoms with Crippen molar-refractivity contribution in [1.29, 1.82) is 0 Å². The average molecular weight is 438 g/mol. The third-order valence-electron chi connectivity index (χ3n) is 5.61. The Morgan fingerprint density at radius 3 is 2.44 bits per heavy atom. The van der Waals surface area contributed by atoms with E-state index >= 15 is 0 Å². The van der Waals surface area contributed by atoms with Crippen LogP contribution in [-0.4, -0.2) is 55.4 Å². The summed E-state index contributed by atoms with van der Waals surface area (Å²) in [5.74, 6) is 1.45. The third-order valence-corrected chi connectivity index (χ3v) is 5.61. The molecule has 1 N–H and O–H groups in total. The molecule has 0 unspecified atom stereocenters. The minimum atomic E-state index is -0.235. The summed E-state index contributed by atoms with van der Waals surface area (Å²) in [6.45, 7) is 3.46. The number of benzene rings is 2. The Balaban J connectivity index is 1.27. The van der Waals surface area contributed by atoms with E-state index in [0.29, 0.717) is 55.3 Å². The first kappa shape index (κ1) is 21.7. The van der Waals surface area contributed by atoms with Gasteiger partial charge < -0.3 is 24.4 Å². The second-order valence-corrected chi connectivity index (χ2v) is 7.76. The van der Waals surface area contributed by atoms with Gasteiger partial charge in [0.2, 0.25) is 0 Å². The fraction of sp³-hybridized carbons (Fsp3) is 0.375. The number of nitrogens with one attached hydrogen (secondary N) is 1. The van der Waals surface area contributed by atoms with Crippen molar-refractivity contribution in [2.45, 2.75) is 19.8 Å². The standard InChI is InChI=1S/C24H26N2O6/c1-2-30-18-4-6-19(7-5-18)31-15-23(28)26-11-9-16(10-12-26)24(29)17-3-8-21-20(13-17)25-22(27)14-32-21/h3-8,13,16H,2,9-12,14-15H2,1H3,(H,25,27). The molecule has 2 aliphatic rings. The van der Waals surface area contributed by atoms with Crippen molar-refractivity contribution in [1.82, 2.24) is 4.90 Å². The number of carbonyl (C=O) groups excluding carboxylic acids is 3. The highest BCUT2D eigenvalue weighted by molar-refractivity contribution is 6.01. The Bertz CT molecular complexity index is 996. The van der Waals surface area contributed by atoms with E-state index in [1.165, 1.54) is 0 Å². The molecule has 0 atom stereocenters. The molecule has 1 fully saturated rings. The number of nitrogens with zero attached hydrogens (tertiary/aromatic N) is 1. The molecule has 2 aromatic rings. The Hall–Kier alpha value is -3.55. The van der Waals surface area contributed by atoms with Crippen LogP contribution in [0.5, 0.6) is 17.2 Å². The fourth-order valence-corrected chi connectivity index (χ4v) is 3.90. The summed E-state index contributed by atoms with van der Waals surface area (Å²) < 4.78 is 16.3. The van der Waals surface area contributed by atoms with Crippen LogP contribution < -0.4 is 19.5 Å². The van der Waals surface area contributed by atoms with E-state index in [1.54, 1.807) is 47.4 Å². The van der Waals surface area contributed by atoms with Gasteiger partial charge in [0, 0.05) is 24.6 Å². The summed E-state index contributed by atoms with van der Waals surface area (Å²) in [7, 11) is 0. The van der Waals surface area contributed by atoms with Crippen LogP contribution in [0.2, 0.25) is 0 Å². The summed E-state index contributed by atoms with van der Waals surface area (Å²) in [4.78, 5) is 38.7. The number of hydrogen-bond donors (Lipinski definition) is 1. The van der Waals surface area contributed by atoms with E-state index in [1.807, 2.05) is 6.92 Å². The number of rotatable bonds is 7. The molecule has 0 saturated carbocycles. The van der Waals surface area contributed by atoms with Gasteiger partial charge in [-0.3, -0.25) is 14.4 Å². The molecule has 0 bridgehead atoms. The molecule has 0 spiro atoms. The second-order valence-electron chi connectivity index (χ2n) is 7.76. The molecule has 2 aliphatic heterocycles. The second kappa shape index (κ2) is 9.72. The van der Waals surface area contributed by atoms with Crippen molar-refractivity contribution in [2.24, 2.45) is 5.92 Å². The highest BCUT2D eigenvalue weighted by atomic mass is 16.5. The fourth-order valence-electron chi connectivity index (χ4n) is 3.90. The highest BCUT2D eigenvalue weighted by Gasteiger charge is 2.29. The number of ether oxygens (including phenoxy) is 3. The zero-order valence-electron chi connectivity index (χ0n) is 18.0. The van der Waals surface area contributed by atoms with Gasteiger partial charge in [0.05, 0.1) is 12.3 Å². The van der Waals surface area contributed by atoms with Crippen molar-refractivity contribution in [2.75, 3.05) is 38.2 Å². The number of fused-ring (bicyclic) bond motifs is 1. The summed E-state index contributed by atoms with van der Waals surface area (Å²) in [6.07, 6.45) is 1.18.